The van der Waals surface area contributed by atoms with Crippen molar-refractivity contribution in [3.05, 3.63) is 90.0 Å². The summed E-state index contributed by atoms with van der Waals surface area (Å²) in [6.07, 6.45) is 0. The van der Waals surface area contributed by atoms with Gasteiger partial charge in [-0.3, -0.25) is 4.79 Å². The molecule has 156 valence electrons. The number of para-hydroxylation sites is 2. The summed E-state index contributed by atoms with van der Waals surface area (Å²) in [6, 6.07) is 24.3. The maximum Gasteiger partial charge on any atom is 0.257 e. The van der Waals surface area contributed by atoms with Gasteiger partial charge in [0.25, 0.3) is 5.91 Å². The first-order chi connectivity index (χ1) is 15.1. The van der Waals surface area contributed by atoms with Gasteiger partial charge in [0.05, 0.1) is 23.0 Å². The fourth-order valence-electron chi connectivity index (χ4n) is 3.09. The standard InChI is InChI=1S/C23H21N5O2S/c1-28(15-16-9-4-2-5-10-16)23(30)18-13-8-14-19(20(18)29)25-22-21(26-31-27-22)24-17-11-6-3-7-12-17/h2-14,29H,15H2,1H3,(H,24,26)(H,25,27). The number of rotatable bonds is 7. The minimum Gasteiger partial charge on any atom is -0.505 e. The van der Waals surface area contributed by atoms with Crippen molar-refractivity contribution in [2.75, 3.05) is 17.7 Å². The average Bonchev–Trinajstić information content (AvgIpc) is 3.22. The molecule has 3 N–H and O–H groups in total. The Hall–Kier alpha value is -3.91. The number of benzene rings is 3. The van der Waals surface area contributed by atoms with Gasteiger partial charge in [0.2, 0.25) is 0 Å². The molecule has 0 saturated heterocycles. The lowest BCUT2D eigenvalue weighted by Gasteiger charge is -2.19. The molecule has 1 amide bonds. The highest BCUT2D eigenvalue weighted by Gasteiger charge is 2.19. The van der Waals surface area contributed by atoms with Crippen LogP contribution in [0.3, 0.4) is 0 Å². The summed E-state index contributed by atoms with van der Waals surface area (Å²) in [6.45, 7) is 0.442. The lowest BCUT2D eigenvalue weighted by Crippen LogP contribution is -2.26. The highest BCUT2D eigenvalue weighted by Crippen LogP contribution is 2.33. The van der Waals surface area contributed by atoms with Gasteiger partial charge in [0.1, 0.15) is 0 Å². The van der Waals surface area contributed by atoms with E-state index in [0.29, 0.717) is 23.9 Å². The molecule has 4 rings (SSSR count). The largest absolute Gasteiger partial charge is 0.505 e. The predicted octanol–water partition coefficient (Wildman–Crippen LogP) is 5.00. The molecule has 0 aliphatic heterocycles. The molecule has 1 heterocycles. The number of nitrogens with zero attached hydrogens (tertiary/aromatic N) is 3. The number of phenols is 1. The van der Waals surface area contributed by atoms with Gasteiger partial charge in [0.15, 0.2) is 17.4 Å². The Morgan fingerprint density at radius 2 is 1.55 bits per heavy atom. The highest BCUT2D eigenvalue weighted by molar-refractivity contribution is 6.99. The Bertz CT molecular complexity index is 1170. The van der Waals surface area contributed by atoms with Crippen LogP contribution in [0.25, 0.3) is 0 Å². The van der Waals surface area contributed by atoms with E-state index in [0.717, 1.165) is 23.0 Å². The quantitative estimate of drug-likeness (QED) is 0.357. The molecule has 0 bridgehead atoms. The number of nitrogens with one attached hydrogen (secondary N) is 2. The van der Waals surface area contributed by atoms with Gasteiger partial charge in [-0.05, 0) is 29.8 Å². The van der Waals surface area contributed by atoms with E-state index < -0.39 is 0 Å². The van der Waals surface area contributed by atoms with E-state index in [-0.39, 0.29) is 17.2 Å². The molecular weight excluding hydrogens is 410 g/mol. The number of anilines is 4. The Morgan fingerprint density at radius 1 is 0.903 bits per heavy atom. The smallest absolute Gasteiger partial charge is 0.257 e. The molecular formula is C23H21N5O2S. The second kappa shape index (κ2) is 9.27. The Kier molecular flexibility index (Phi) is 6.09. The van der Waals surface area contributed by atoms with Crippen LogP contribution in [0.5, 0.6) is 5.75 Å². The van der Waals surface area contributed by atoms with Crippen molar-refractivity contribution in [2.24, 2.45) is 0 Å². The zero-order chi connectivity index (χ0) is 21.6. The van der Waals surface area contributed by atoms with Crippen molar-refractivity contribution in [3.63, 3.8) is 0 Å². The monoisotopic (exact) mass is 431 g/mol. The molecule has 0 aliphatic rings. The Balaban J connectivity index is 1.52. The van der Waals surface area contributed by atoms with Crippen LogP contribution in [-0.2, 0) is 6.54 Å². The number of phenolic OH excluding ortho intramolecular Hbond substituents is 1. The minimum absolute atomic E-state index is 0.133. The van der Waals surface area contributed by atoms with E-state index in [1.54, 1.807) is 30.1 Å². The second-order valence-corrected chi connectivity index (χ2v) is 7.45. The van der Waals surface area contributed by atoms with Gasteiger partial charge in [-0.15, -0.1) is 0 Å². The molecule has 31 heavy (non-hydrogen) atoms. The normalized spacial score (nSPS) is 10.5. The number of hydrogen-bond acceptors (Lipinski definition) is 7. The maximum absolute atomic E-state index is 12.9. The first-order valence-corrected chi connectivity index (χ1v) is 10.4. The number of aromatic hydroxyl groups is 1. The first kappa shape index (κ1) is 20.4. The summed E-state index contributed by atoms with van der Waals surface area (Å²) in [5, 5.41) is 17.0. The zero-order valence-electron chi connectivity index (χ0n) is 16.8. The van der Waals surface area contributed by atoms with Crippen LogP contribution in [0.1, 0.15) is 15.9 Å². The van der Waals surface area contributed by atoms with E-state index in [4.69, 9.17) is 0 Å². The molecule has 7 nitrogen and oxygen atoms in total. The molecule has 0 fully saturated rings. The number of aromatic nitrogens is 2. The van der Waals surface area contributed by atoms with E-state index in [2.05, 4.69) is 19.4 Å². The van der Waals surface area contributed by atoms with Crippen LogP contribution in [0, 0.1) is 0 Å². The number of carbonyl (C=O) groups is 1. The van der Waals surface area contributed by atoms with E-state index in [9.17, 15) is 9.90 Å². The van der Waals surface area contributed by atoms with Crippen molar-refractivity contribution in [1.29, 1.82) is 0 Å². The lowest BCUT2D eigenvalue weighted by molar-refractivity contribution is 0.0782. The molecule has 3 aromatic carbocycles. The van der Waals surface area contributed by atoms with Gasteiger partial charge < -0.3 is 20.6 Å². The minimum atomic E-state index is -0.274. The molecule has 1 aromatic heterocycles. The molecule has 0 spiro atoms. The molecule has 0 radical (unpaired) electrons. The third kappa shape index (κ3) is 4.81. The van der Waals surface area contributed by atoms with Crippen molar-refractivity contribution >= 4 is 40.6 Å². The molecule has 8 heteroatoms. The summed E-state index contributed by atoms with van der Waals surface area (Å²) in [5.74, 6) is 0.593. The SMILES string of the molecule is CN(Cc1ccccc1)C(=O)c1cccc(Nc2nsnc2Nc2ccccc2)c1O. The van der Waals surface area contributed by atoms with Crippen LogP contribution in [0.4, 0.5) is 23.0 Å². The number of amides is 1. The maximum atomic E-state index is 12.9. The predicted molar refractivity (Wildman–Crippen MR) is 123 cm³/mol. The van der Waals surface area contributed by atoms with E-state index in [1.807, 2.05) is 60.7 Å². The molecule has 0 saturated carbocycles. The van der Waals surface area contributed by atoms with Crippen LogP contribution in [-0.4, -0.2) is 31.7 Å². The van der Waals surface area contributed by atoms with Crippen molar-refractivity contribution < 1.29 is 9.90 Å². The Morgan fingerprint density at radius 3 is 2.26 bits per heavy atom. The third-order valence-electron chi connectivity index (χ3n) is 4.65. The Labute approximate surface area is 184 Å². The first-order valence-electron chi connectivity index (χ1n) is 9.65. The summed E-state index contributed by atoms with van der Waals surface area (Å²) >= 11 is 1.05. The number of hydrogen-bond donors (Lipinski definition) is 3. The van der Waals surface area contributed by atoms with E-state index in [1.165, 1.54) is 0 Å². The van der Waals surface area contributed by atoms with Gasteiger partial charge in [0, 0.05) is 19.3 Å². The summed E-state index contributed by atoms with van der Waals surface area (Å²) < 4.78 is 8.53. The van der Waals surface area contributed by atoms with Crippen LogP contribution < -0.4 is 10.6 Å². The van der Waals surface area contributed by atoms with Crippen LogP contribution in [0.15, 0.2) is 78.9 Å². The van der Waals surface area contributed by atoms with Crippen LogP contribution >= 0.6 is 11.7 Å². The van der Waals surface area contributed by atoms with E-state index >= 15 is 0 Å². The molecule has 0 aliphatic carbocycles. The lowest BCUT2D eigenvalue weighted by atomic mass is 10.1. The molecule has 0 unspecified atom stereocenters. The van der Waals surface area contributed by atoms with Crippen LogP contribution in [0.2, 0.25) is 0 Å². The topological polar surface area (TPSA) is 90.4 Å². The summed E-state index contributed by atoms with van der Waals surface area (Å²) in [4.78, 5) is 14.5. The fraction of sp³-hybridized carbons (Fsp3) is 0.0870. The molecule has 4 aromatic rings. The second-order valence-electron chi connectivity index (χ2n) is 6.93. The highest BCUT2D eigenvalue weighted by atomic mass is 32.1. The average molecular weight is 432 g/mol. The van der Waals surface area contributed by atoms with Crippen molar-refractivity contribution in [1.82, 2.24) is 13.6 Å². The van der Waals surface area contributed by atoms with Crippen molar-refractivity contribution in [2.45, 2.75) is 6.54 Å². The van der Waals surface area contributed by atoms with Gasteiger partial charge in [-0.1, -0.05) is 54.6 Å². The van der Waals surface area contributed by atoms with Crippen molar-refractivity contribution in [3.8, 4) is 5.75 Å². The van der Waals surface area contributed by atoms with Gasteiger partial charge in [-0.2, -0.15) is 8.75 Å². The summed E-state index contributed by atoms with van der Waals surface area (Å²) in [5.41, 5.74) is 2.47. The zero-order valence-corrected chi connectivity index (χ0v) is 17.6. The van der Waals surface area contributed by atoms with Gasteiger partial charge in [-0.25, -0.2) is 0 Å². The summed E-state index contributed by atoms with van der Waals surface area (Å²) in [7, 11) is 1.71. The van der Waals surface area contributed by atoms with Gasteiger partial charge >= 0.3 is 0 Å². The fourth-order valence-corrected chi connectivity index (χ4v) is 3.56. The third-order valence-corrected chi connectivity index (χ3v) is 5.18. The molecule has 0 atom stereocenters. The number of carbonyl (C=O) groups excluding carboxylic acids is 1.